The van der Waals surface area contributed by atoms with E-state index in [9.17, 15) is 14.4 Å². The number of hydrogen-bond acceptors (Lipinski definition) is 7. The molecule has 0 spiro atoms. The van der Waals surface area contributed by atoms with E-state index in [1.807, 2.05) is 5.43 Å². The molecule has 0 bridgehead atoms. The Labute approximate surface area is 104 Å². The Kier molecular flexibility index (Phi) is 7.91. The zero-order valence-corrected chi connectivity index (χ0v) is 10.5. The summed E-state index contributed by atoms with van der Waals surface area (Å²) in [6.07, 6.45) is -1.25. The highest BCUT2D eigenvalue weighted by atomic mass is 16.5. The molecule has 1 N–H and O–H groups in total. The van der Waals surface area contributed by atoms with Gasteiger partial charge in [0, 0.05) is 0 Å². The number of carbonyl (C=O) groups is 3. The minimum absolute atomic E-state index is 0.124. The van der Waals surface area contributed by atoms with Gasteiger partial charge in [-0.25, -0.2) is 15.0 Å². The lowest BCUT2D eigenvalue weighted by molar-refractivity contribution is -0.143. The van der Waals surface area contributed by atoms with Crippen LogP contribution in [0.5, 0.6) is 0 Å². The van der Waals surface area contributed by atoms with E-state index in [0.717, 1.165) is 7.11 Å². The van der Waals surface area contributed by atoms with Crippen molar-refractivity contribution in [3.63, 3.8) is 0 Å². The van der Waals surface area contributed by atoms with Crippen LogP contribution >= 0.6 is 0 Å². The highest BCUT2D eigenvalue weighted by molar-refractivity contribution is 6.39. The molecule has 0 aliphatic rings. The largest absolute Gasteiger partial charge is 0.466 e. The zero-order valence-electron chi connectivity index (χ0n) is 10.5. The minimum Gasteiger partial charge on any atom is -0.466 e. The molecule has 1 amide bonds. The number of carbonyl (C=O) groups excluding carboxylic acids is 3. The van der Waals surface area contributed by atoms with Crippen molar-refractivity contribution in [1.29, 1.82) is 0 Å². The number of rotatable bonds is 6. The Morgan fingerprint density at radius 3 is 2.22 bits per heavy atom. The molecule has 0 rings (SSSR count). The minimum atomic E-state index is -0.861. The summed E-state index contributed by atoms with van der Waals surface area (Å²) in [5, 5.41) is 3.45. The van der Waals surface area contributed by atoms with Crippen molar-refractivity contribution in [1.82, 2.24) is 5.43 Å². The third-order valence-electron chi connectivity index (χ3n) is 1.60. The van der Waals surface area contributed by atoms with Crippen LogP contribution in [0.15, 0.2) is 5.10 Å². The van der Waals surface area contributed by atoms with Crippen LogP contribution in [-0.4, -0.2) is 44.1 Å². The molecule has 0 aromatic heterocycles. The molecule has 0 unspecified atom stereocenters. The van der Waals surface area contributed by atoms with Crippen molar-refractivity contribution in [2.45, 2.75) is 20.3 Å². The molecule has 0 aromatic carbocycles. The van der Waals surface area contributed by atoms with Crippen LogP contribution in [-0.2, 0) is 23.8 Å². The van der Waals surface area contributed by atoms with Gasteiger partial charge in [-0.1, -0.05) is 0 Å². The van der Waals surface area contributed by atoms with E-state index in [-0.39, 0.29) is 18.9 Å². The topological polar surface area (TPSA) is 103 Å². The van der Waals surface area contributed by atoms with Gasteiger partial charge in [-0.2, -0.15) is 5.10 Å². The number of ether oxygens (including phenoxy) is 3. The normalized spacial score (nSPS) is 10.5. The second-order valence-electron chi connectivity index (χ2n) is 2.86. The second kappa shape index (κ2) is 8.97. The standard InChI is InChI=1S/C10H16N2O6/c1-4-17-8(13)6-7(9(14)18-5-2)11-12-10(15)16-3/h4-6H2,1-3H3,(H,12,15)/b11-7+. The highest BCUT2D eigenvalue weighted by Crippen LogP contribution is 1.95. The molecule has 18 heavy (non-hydrogen) atoms. The first-order valence-corrected chi connectivity index (χ1v) is 5.28. The molecular formula is C10H16N2O6. The molecule has 102 valence electrons. The number of hydrazone groups is 1. The Bertz CT molecular complexity index is 339. The predicted octanol–water partition coefficient (Wildman–Crippen LogP) is 0.215. The fourth-order valence-electron chi connectivity index (χ4n) is 0.879. The number of amides is 1. The summed E-state index contributed by atoms with van der Waals surface area (Å²) in [5.74, 6) is -1.45. The van der Waals surface area contributed by atoms with E-state index in [1.54, 1.807) is 13.8 Å². The van der Waals surface area contributed by atoms with Crippen molar-refractivity contribution >= 4 is 23.7 Å². The van der Waals surface area contributed by atoms with Crippen molar-refractivity contribution in [3.05, 3.63) is 0 Å². The van der Waals surface area contributed by atoms with Gasteiger partial charge < -0.3 is 14.2 Å². The summed E-state index contributed by atoms with van der Waals surface area (Å²) in [4.78, 5) is 33.5. The quantitative estimate of drug-likeness (QED) is 0.317. The van der Waals surface area contributed by atoms with E-state index < -0.39 is 24.5 Å². The summed E-state index contributed by atoms with van der Waals surface area (Å²) >= 11 is 0. The van der Waals surface area contributed by atoms with E-state index >= 15 is 0 Å². The lowest BCUT2D eigenvalue weighted by atomic mass is 10.3. The van der Waals surface area contributed by atoms with Crippen LogP contribution in [0.1, 0.15) is 20.3 Å². The maximum atomic E-state index is 11.4. The highest BCUT2D eigenvalue weighted by Gasteiger charge is 2.18. The first-order valence-electron chi connectivity index (χ1n) is 5.28. The fourth-order valence-corrected chi connectivity index (χ4v) is 0.879. The molecule has 8 nitrogen and oxygen atoms in total. The van der Waals surface area contributed by atoms with Gasteiger partial charge in [-0.05, 0) is 13.8 Å². The Morgan fingerprint density at radius 1 is 1.11 bits per heavy atom. The number of hydrogen-bond donors (Lipinski definition) is 1. The molecule has 0 aliphatic heterocycles. The Hall–Kier alpha value is -2.12. The molecule has 0 aliphatic carbocycles. The van der Waals surface area contributed by atoms with Gasteiger partial charge in [0.2, 0.25) is 0 Å². The molecule has 0 saturated carbocycles. The SMILES string of the molecule is CCOC(=O)C/C(=N\NC(=O)OC)C(=O)OCC. The molecule has 8 heteroatoms. The summed E-state index contributed by atoms with van der Waals surface area (Å²) in [6, 6.07) is 0. The van der Waals surface area contributed by atoms with Crippen molar-refractivity contribution in [2.24, 2.45) is 5.10 Å². The van der Waals surface area contributed by atoms with Gasteiger partial charge in [-0.15, -0.1) is 0 Å². The smallest absolute Gasteiger partial charge is 0.427 e. The van der Waals surface area contributed by atoms with Crippen molar-refractivity contribution in [2.75, 3.05) is 20.3 Å². The molecule has 0 heterocycles. The van der Waals surface area contributed by atoms with E-state index in [4.69, 9.17) is 0 Å². The van der Waals surface area contributed by atoms with Crippen LogP contribution in [0.2, 0.25) is 0 Å². The third kappa shape index (κ3) is 6.46. The summed E-state index contributed by atoms with van der Waals surface area (Å²) in [7, 11) is 1.14. The lowest BCUT2D eigenvalue weighted by Crippen LogP contribution is -2.27. The van der Waals surface area contributed by atoms with Gasteiger partial charge >= 0.3 is 18.0 Å². The van der Waals surface area contributed by atoms with Gasteiger partial charge in [0.05, 0.1) is 26.7 Å². The molecule has 0 atom stereocenters. The number of methoxy groups -OCH3 is 1. The van der Waals surface area contributed by atoms with Crippen LogP contribution < -0.4 is 5.43 Å². The van der Waals surface area contributed by atoms with Crippen LogP contribution in [0, 0.1) is 0 Å². The van der Waals surface area contributed by atoms with Crippen LogP contribution in [0.3, 0.4) is 0 Å². The monoisotopic (exact) mass is 260 g/mol. The van der Waals surface area contributed by atoms with Gasteiger partial charge in [-0.3, -0.25) is 4.79 Å². The Morgan fingerprint density at radius 2 is 1.72 bits per heavy atom. The van der Waals surface area contributed by atoms with Gasteiger partial charge in [0.1, 0.15) is 0 Å². The second-order valence-corrected chi connectivity index (χ2v) is 2.86. The summed E-state index contributed by atoms with van der Waals surface area (Å²) in [6.45, 7) is 3.54. The summed E-state index contributed by atoms with van der Waals surface area (Å²) in [5.41, 5.74) is 1.67. The average molecular weight is 260 g/mol. The fraction of sp³-hybridized carbons (Fsp3) is 0.600. The van der Waals surface area contributed by atoms with Gasteiger partial charge in [0.15, 0.2) is 5.71 Å². The lowest BCUT2D eigenvalue weighted by Gasteiger charge is -2.06. The average Bonchev–Trinajstić information content (AvgIpc) is 2.34. The number of nitrogens with zero attached hydrogens (tertiary/aromatic N) is 1. The third-order valence-corrected chi connectivity index (χ3v) is 1.60. The van der Waals surface area contributed by atoms with E-state index in [2.05, 4.69) is 19.3 Å². The first kappa shape index (κ1) is 15.9. The van der Waals surface area contributed by atoms with Crippen molar-refractivity contribution < 1.29 is 28.6 Å². The summed E-state index contributed by atoms with van der Waals surface area (Å²) < 4.78 is 13.6. The molecule has 0 radical (unpaired) electrons. The molecule has 0 aromatic rings. The van der Waals surface area contributed by atoms with Crippen LogP contribution in [0.4, 0.5) is 4.79 Å². The first-order chi connectivity index (χ1) is 8.54. The zero-order chi connectivity index (χ0) is 14.0. The molecule has 0 fully saturated rings. The van der Waals surface area contributed by atoms with Gasteiger partial charge in [0.25, 0.3) is 0 Å². The van der Waals surface area contributed by atoms with Crippen molar-refractivity contribution in [3.8, 4) is 0 Å². The number of esters is 2. The molecular weight excluding hydrogens is 244 g/mol. The molecule has 0 saturated heterocycles. The van der Waals surface area contributed by atoms with Crippen LogP contribution in [0.25, 0.3) is 0 Å². The maximum Gasteiger partial charge on any atom is 0.427 e. The van der Waals surface area contributed by atoms with E-state index in [0.29, 0.717) is 0 Å². The number of nitrogens with one attached hydrogen (secondary N) is 1. The predicted molar refractivity (Wildman–Crippen MR) is 60.9 cm³/mol. The maximum absolute atomic E-state index is 11.4. The van der Waals surface area contributed by atoms with E-state index in [1.165, 1.54) is 0 Å². The Balaban J connectivity index is 4.65.